The second kappa shape index (κ2) is 6.32. The highest BCUT2D eigenvalue weighted by molar-refractivity contribution is 7.16. The summed E-state index contributed by atoms with van der Waals surface area (Å²) in [5.41, 5.74) is 19.8. The molecule has 0 fully saturated rings. The second-order valence-corrected chi connectivity index (χ2v) is 8.44. The van der Waals surface area contributed by atoms with Crippen LogP contribution >= 0.6 is 11.3 Å². The molecule has 0 spiro atoms. The minimum atomic E-state index is 0.0856. The molecule has 0 aliphatic carbocycles. The quantitative estimate of drug-likeness (QED) is 0.521. The molecule has 0 atom stereocenters. The molecule has 0 saturated carbocycles. The third-order valence-electron chi connectivity index (χ3n) is 4.60. The Morgan fingerprint density at radius 1 is 0.889 bits per heavy atom. The lowest BCUT2D eigenvalue weighted by Crippen LogP contribution is -2.10. The van der Waals surface area contributed by atoms with Gasteiger partial charge in [-0.1, -0.05) is 51.1 Å². The van der Waals surface area contributed by atoms with E-state index in [0.717, 1.165) is 32.6 Å². The van der Waals surface area contributed by atoms with Gasteiger partial charge in [-0.25, -0.2) is 9.97 Å². The van der Waals surface area contributed by atoms with Gasteiger partial charge in [-0.15, -0.1) is 11.3 Å². The largest absolute Gasteiger partial charge is 0.383 e. The minimum absolute atomic E-state index is 0.0856. The van der Waals surface area contributed by atoms with E-state index in [2.05, 4.69) is 66.1 Å². The Labute approximate surface area is 162 Å². The molecule has 5 nitrogen and oxygen atoms in total. The highest BCUT2D eigenvalue weighted by Crippen LogP contribution is 2.37. The first-order valence-corrected chi connectivity index (χ1v) is 9.58. The summed E-state index contributed by atoms with van der Waals surface area (Å²) in [4.78, 5) is 13.0. The zero-order valence-corrected chi connectivity index (χ0v) is 16.3. The third-order valence-corrected chi connectivity index (χ3v) is 5.39. The molecule has 4 aromatic rings. The van der Waals surface area contributed by atoms with Crippen molar-refractivity contribution in [3.63, 3.8) is 0 Å². The molecule has 6 heteroatoms. The van der Waals surface area contributed by atoms with Crippen LogP contribution in [-0.4, -0.2) is 15.0 Å². The van der Waals surface area contributed by atoms with Gasteiger partial charge in [-0.2, -0.15) is 4.98 Å². The number of anilines is 2. The van der Waals surface area contributed by atoms with Crippen molar-refractivity contribution in [3.8, 4) is 22.4 Å². The van der Waals surface area contributed by atoms with E-state index in [0.29, 0.717) is 5.82 Å². The van der Waals surface area contributed by atoms with Crippen molar-refractivity contribution in [1.82, 2.24) is 15.0 Å². The van der Waals surface area contributed by atoms with Crippen LogP contribution in [-0.2, 0) is 5.41 Å². The number of rotatable bonds is 2. The second-order valence-electron chi connectivity index (χ2n) is 7.55. The highest BCUT2D eigenvalue weighted by Gasteiger charge is 2.18. The molecule has 2 aromatic carbocycles. The Hall–Kier alpha value is -2.99. The highest BCUT2D eigenvalue weighted by atomic mass is 32.1. The van der Waals surface area contributed by atoms with Crippen molar-refractivity contribution < 1.29 is 0 Å². The normalized spacial score (nSPS) is 11.8. The van der Waals surface area contributed by atoms with Crippen molar-refractivity contribution in [2.45, 2.75) is 26.2 Å². The van der Waals surface area contributed by atoms with Crippen LogP contribution in [0.2, 0.25) is 0 Å². The van der Waals surface area contributed by atoms with Gasteiger partial charge in [0.15, 0.2) is 0 Å². The predicted octanol–water partition coefficient (Wildman–Crippen LogP) is 4.88. The number of hydrogen-bond acceptors (Lipinski definition) is 6. The maximum absolute atomic E-state index is 6.27. The Balaban J connectivity index is 1.90. The molecule has 0 bridgehead atoms. The van der Waals surface area contributed by atoms with E-state index in [9.17, 15) is 0 Å². The number of benzene rings is 2. The molecule has 0 aliphatic rings. The van der Waals surface area contributed by atoms with Crippen LogP contribution in [0.1, 0.15) is 26.3 Å². The summed E-state index contributed by atoms with van der Waals surface area (Å²) in [6.45, 7) is 6.58. The average Bonchev–Trinajstić information content (AvgIpc) is 3.08. The number of nitrogens with zero attached hydrogens (tertiary/aromatic N) is 3. The summed E-state index contributed by atoms with van der Waals surface area (Å²) in [5.74, 6) is 0.547. The molecule has 136 valence electrons. The van der Waals surface area contributed by atoms with E-state index in [1.165, 1.54) is 5.56 Å². The fourth-order valence-electron chi connectivity index (χ4n) is 3.13. The molecule has 4 rings (SSSR count). The first kappa shape index (κ1) is 17.4. The van der Waals surface area contributed by atoms with Gasteiger partial charge < -0.3 is 11.5 Å². The van der Waals surface area contributed by atoms with Gasteiger partial charge in [0.1, 0.15) is 5.82 Å². The van der Waals surface area contributed by atoms with Crippen LogP contribution in [0.5, 0.6) is 0 Å². The van der Waals surface area contributed by atoms with E-state index in [1.54, 1.807) is 11.3 Å². The molecule has 2 heterocycles. The van der Waals surface area contributed by atoms with Crippen molar-refractivity contribution in [1.29, 1.82) is 0 Å². The Morgan fingerprint density at radius 3 is 2.30 bits per heavy atom. The molecule has 0 aliphatic heterocycles. The molecule has 4 N–H and O–H groups in total. The number of aromatic nitrogens is 3. The number of thiazole rings is 1. The van der Waals surface area contributed by atoms with E-state index in [4.69, 9.17) is 11.5 Å². The molecule has 0 saturated heterocycles. The van der Waals surface area contributed by atoms with Crippen molar-refractivity contribution in [3.05, 3.63) is 53.5 Å². The number of nitrogens with two attached hydrogens (primary N) is 2. The monoisotopic (exact) mass is 375 g/mol. The zero-order chi connectivity index (χ0) is 19.2. The minimum Gasteiger partial charge on any atom is -0.383 e. The van der Waals surface area contributed by atoms with Gasteiger partial charge in [-0.3, -0.25) is 0 Å². The van der Waals surface area contributed by atoms with Gasteiger partial charge in [0.25, 0.3) is 0 Å². The van der Waals surface area contributed by atoms with Crippen molar-refractivity contribution in [2.24, 2.45) is 0 Å². The topological polar surface area (TPSA) is 90.7 Å². The van der Waals surface area contributed by atoms with Gasteiger partial charge in [0.2, 0.25) is 5.95 Å². The molecule has 0 unspecified atom stereocenters. The first-order valence-electron chi connectivity index (χ1n) is 8.70. The number of fused-ring (bicyclic) bond motifs is 1. The van der Waals surface area contributed by atoms with Crippen molar-refractivity contribution in [2.75, 3.05) is 11.5 Å². The van der Waals surface area contributed by atoms with Crippen LogP contribution < -0.4 is 11.5 Å². The van der Waals surface area contributed by atoms with Crippen LogP contribution in [0.4, 0.5) is 11.8 Å². The van der Waals surface area contributed by atoms with Crippen LogP contribution in [0, 0.1) is 0 Å². The lowest BCUT2D eigenvalue weighted by atomic mass is 9.86. The predicted molar refractivity (Wildman–Crippen MR) is 114 cm³/mol. The van der Waals surface area contributed by atoms with Gasteiger partial charge in [-0.05, 0) is 28.7 Å². The molecule has 2 aromatic heterocycles. The molecule has 27 heavy (non-hydrogen) atoms. The Bertz CT molecular complexity index is 1120. The van der Waals surface area contributed by atoms with Crippen LogP contribution in [0.25, 0.3) is 32.6 Å². The molecule has 0 amide bonds. The van der Waals surface area contributed by atoms with Crippen molar-refractivity contribution >= 4 is 33.3 Å². The summed E-state index contributed by atoms with van der Waals surface area (Å²) in [7, 11) is 0. The van der Waals surface area contributed by atoms with E-state index >= 15 is 0 Å². The molecule has 0 radical (unpaired) electrons. The van der Waals surface area contributed by atoms with Gasteiger partial charge >= 0.3 is 0 Å². The molecular weight excluding hydrogens is 354 g/mol. The first-order chi connectivity index (χ1) is 12.8. The fourth-order valence-corrected chi connectivity index (χ4v) is 3.84. The van der Waals surface area contributed by atoms with Gasteiger partial charge in [0.05, 0.1) is 27.0 Å². The van der Waals surface area contributed by atoms with E-state index in [-0.39, 0.29) is 11.4 Å². The van der Waals surface area contributed by atoms with E-state index in [1.807, 2.05) is 17.6 Å². The summed E-state index contributed by atoms with van der Waals surface area (Å²) in [6, 6.07) is 14.4. The third kappa shape index (κ3) is 3.24. The van der Waals surface area contributed by atoms with Crippen LogP contribution in [0.3, 0.4) is 0 Å². The summed E-state index contributed by atoms with van der Waals surface area (Å²) >= 11 is 1.59. The molecular formula is C21H21N5S. The van der Waals surface area contributed by atoms with E-state index < -0.39 is 0 Å². The number of hydrogen-bond donors (Lipinski definition) is 2. The standard InChI is InChI=1S/C21H21N5S/c1-21(2,3)14-7-4-12(5-8-14)18-17(19(22)26-20(23)25-18)13-6-9-15-16(10-13)27-11-24-15/h4-11H,1-3H3,(H4,22,23,25,26). The summed E-state index contributed by atoms with van der Waals surface area (Å²) in [6.07, 6.45) is 0. The maximum atomic E-state index is 6.27. The summed E-state index contributed by atoms with van der Waals surface area (Å²) < 4.78 is 1.10. The number of nitrogen functional groups attached to an aromatic ring is 2. The maximum Gasteiger partial charge on any atom is 0.222 e. The summed E-state index contributed by atoms with van der Waals surface area (Å²) in [5, 5.41) is 0. The van der Waals surface area contributed by atoms with Crippen LogP contribution in [0.15, 0.2) is 48.0 Å². The SMILES string of the molecule is CC(C)(C)c1ccc(-c2nc(N)nc(N)c2-c2ccc3ncsc3c2)cc1. The smallest absolute Gasteiger partial charge is 0.222 e. The Morgan fingerprint density at radius 2 is 1.59 bits per heavy atom. The lowest BCUT2D eigenvalue weighted by Gasteiger charge is -2.19. The van der Waals surface area contributed by atoms with Gasteiger partial charge in [0, 0.05) is 5.56 Å². The lowest BCUT2D eigenvalue weighted by molar-refractivity contribution is 0.590. The fraction of sp³-hybridized carbons (Fsp3) is 0.190. The zero-order valence-electron chi connectivity index (χ0n) is 15.5. The Kier molecular flexibility index (Phi) is 4.08. The average molecular weight is 376 g/mol.